The summed E-state index contributed by atoms with van der Waals surface area (Å²) in [5, 5.41) is 11.4. The van der Waals surface area contributed by atoms with Crippen molar-refractivity contribution in [1.29, 1.82) is 0 Å². The second-order valence-electron chi connectivity index (χ2n) is 4.01. The Balaban J connectivity index is 2.58. The van der Waals surface area contributed by atoms with E-state index in [1.165, 1.54) is 0 Å². The van der Waals surface area contributed by atoms with Gasteiger partial charge in [0.1, 0.15) is 0 Å². The highest BCUT2D eigenvalue weighted by molar-refractivity contribution is 5.75. The van der Waals surface area contributed by atoms with Crippen molar-refractivity contribution < 1.29 is 23.5 Å². The molecule has 0 aliphatic carbocycles. The highest BCUT2D eigenvalue weighted by Gasteiger charge is 2.33. The number of likely N-dealkylation sites (tertiary alicyclic amines) is 1. The van der Waals surface area contributed by atoms with E-state index >= 15 is 0 Å². The molecule has 8 heteroatoms. The third-order valence-electron chi connectivity index (χ3n) is 2.67. The Bertz CT molecular complexity index is 279. The Kier molecular flexibility index (Phi) is 4.62. The van der Waals surface area contributed by atoms with E-state index in [-0.39, 0.29) is 19.5 Å². The first-order valence-corrected chi connectivity index (χ1v) is 5.19. The molecule has 6 nitrogen and oxygen atoms in total. The predicted octanol–water partition coefficient (Wildman–Crippen LogP) is -0.305. The maximum Gasteiger partial charge on any atom is 0.314 e. The van der Waals surface area contributed by atoms with Gasteiger partial charge in [-0.05, 0) is 6.42 Å². The summed E-state index contributed by atoms with van der Waals surface area (Å²) in [7, 11) is 0. The molecule has 4 N–H and O–H groups in total. The minimum atomic E-state index is -2.51. The van der Waals surface area contributed by atoms with Gasteiger partial charge in [-0.2, -0.15) is 0 Å². The number of hydrogen-bond acceptors (Lipinski definition) is 3. The van der Waals surface area contributed by atoms with Crippen LogP contribution in [0.25, 0.3) is 0 Å². The van der Waals surface area contributed by atoms with Gasteiger partial charge in [0.15, 0.2) is 0 Å². The standard InChI is InChI=1S/C9H15F2N3O3/c10-7(11)2-13-6-1-5(8(15)16)3-14(4-6)9(12)17/h5-7,13H,1-4H2,(H2,12,17)(H,15,16). The number of aliphatic carboxylic acids is 1. The zero-order chi connectivity index (χ0) is 13.0. The third-order valence-corrected chi connectivity index (χ3v) is 2.67. The summed E-state index contributed by atoms with van der Waals surface area (Å²) >= 11 is 0. The van der Waals surface area contributed by atoms with E-state index < -0.39 is 36.9 Å². The third kappa shape index (κ3) is 4.14. The number of urea groups is 1. The molecule has 0 aromatic carbocycles. The van der Waals surface area contributed by atoms with Crippen LogP contribution in [0.2, 0.25) is 0 Å². The van der Waals surface area contributed by atoms with Crippen LogP contribution in [0.3, 0.4) is 0 Å². The van der Waals surface area contributed by atoms with Crippen LogP contribution in [0, 0.1) is 5.92 Å². The van der Waals surface area contributed by atoms with Crippen molar-refractivity contribution in [1.82, 2.24) is 10.2 Å². The second kappa shape index (κ2) is 5.76. The number of rotatable bonds is 4. The first kappa shape index (κ1) is 13.6. The molecule has 17 heavy (non-hydrogen) atoms. The van der Waals surface area contributed by atoms with Crippen molar-refractivity contribution in [2.75, 3.05) is 19.6 Å². The molecule has 2 unspecified atom stereocenters. The van der Waals surface area contributed by atoms with Crippen LogP contribution < -0.4 is 11.1 Å². The fourth-order valence-corrected chi connectivity index (χ4v) is 1.86. The molecule has 1 rings (SSSR count). The van der Waals surface area contributed by atoms with Crippen molar-refractivity contribution >= 4 is 12.0 Å². The van der Waals surface area contributed by atoms with Crippen molar-refractivity contribution in [2.24, 2.45) is 11.7 Å². The maximum atomic E-state index is 12.0. The van der Waals surface area contributed by atoms with Gasteiger partial charge in [-0.3, -0.25) is 4.79 Å². The summed E-state index contributed by atoms with van der Waals surface area (Å²) in [4.78, 5) is 23.0. The molecule has 0 bridgehead atoms. The van der Waals surface area contributed by atoms with Crippen LogP contribution in [-0.4, -0.2) is 54.1 Å². The van der Waals surface area contributed by atoms with Gasteiger partial charge in [-0.25, -0.2) is 13.6 Å². The number of hydrogen-bond donors (Lipinski definition) is 3. The number of nitrogens with two attached hydrogens (primary N) is 1. The summed E-state index contributed by atoms with van der Waals surface area (Å²) in [6.07, 6.45) is -2.30. The highest BCUT2D eigenvalue weighted by Crippen LogP contribution is 2.17. The molecule has 0 aromatic rings. The Hall–Kier alpha value is -1.44. The first-order valence-electron chi connectivity index (χ1n) is 5.19. The van der Waals surface area contributed by atoms with E-state index in [2.05, 4.69) is 5.32 Å². The predicted molar refractivity (Wildman–Crippen MR) is 54.7 cm³/mol. The number of nitrogens with one attached hydrogen (secondary N) is 1. The number of halogens is 2. The van der Waals surface area contributed by atoms with E-state index in [9.17, 15) is 18.4 Å². The van der Waals surface area contributed by atoms with Crippen LogP contribution >= 0.6 is 0 Å². The smallest absolute Gasteiger partial charge is 0.314 e. The minimum Gasteiger partial charge on any atom is -0.481 e. The number of amides is 2. The average molecular weight is 251 g/mol. The Labute approximate surface area is 96.8 Å². The van der Waals surface area contributed by atoms with Crippen LogP contribution in [0.15, 0.2) is 0 Å². The lowest BCUT2D eigenvalue weighted by molar-refractivity contribution is -0.143. The number of carbonyl (C=O) groups is 2. The molecule has 1 aliphatic rings. The molecule has 1 saturated heterocycles. The van der Waals surface area contributed by atoms with Crippen LogP contribution in [-0.2, 0) is 4.79 Å². The number of carboxylic acids is 1. The molecule has 1 aliphatic heterocycles. The molecule has 2 atom stereocenters. The number of carbonyl (C=O) groups excluding carboxylic acids is 1. The van der Waals surface area contributed by atoms with Gasteiger partial charge < -0.3 is 21.1 Å². The lowest BCUT2D eigenvalue weighted by atomic mass is 9.94. The van der Waals surface area contributed by atoms with Crippen LogP contribution in [0.1, 0.15) is 6.42 Å². The van der Waals surface area contributed by atoms with Crippen LogP contribution in [0.4, 0.5) is 13.6 Å². The minimum absolute atomic E-state index is 0.0253. The van der Waals surface area contributed by atoms with Gasteiger partial charge in [0.05, 0.1) is 12.5 Å². The maximum absolute atomic E-state index is 12.0. The molecule has 1 fully saturated rings. The highest BCUT2D eigenvalue weighted by atomic mass is 19.3. The van der Waals surface area contributed by atoms with Gasteiger partial charge in [0.2, 0.25) is 0 Å². The number of alkyl halides is 2. The van der Waals surface area contributed by atoms with Crippen LogP contribution in [0.5, 0.6) is 0 Å². The van der Waals surface area contributed by atoms with E-state index in [1.54, 1.807) is 0 Å². The fraction of sp³-hybridized carbons (Fsp3) is 0.778. The molecule has 0 radical (unpaired) electrons. The first-order chi connectivity index (χ1) is 7.90. The summed E-state index contributed by atoms with van der Waals surface area (Å²) in [5.74, 6) is -1.83. The van der Waals surface area contributed by atoms with Crippen molar-refractivity contribution in [3.8, 4) is 0 Å². The van der Waals surface area contributed by atoms with E-state index in [1.807, 2.05) is 0 Å². The number of carboxylic acid groups (broad SMARTS) is 1. The number of primary amides is 1. The Morgan fingerprint density at radius 2 is 2.12 bits per heavy atom. The monoisotopic (exact) mass is 251 g/mol. The SMILES string of the molecule is NC(=O)N1CC(NCC(F)F)CC(C(=O)O)C1. The zero-order valence-electron chi connectivity index (χ0n) is 9.10. The van der Waals surface area contributed by atoms with Crippen molar-refractivity contribution in [2.45, 2.75) is 18.9 Å². The summed E-state index contributed by atoms with van der Waals surface area (Å²) in [6.45, 7) is -0.340. The van der Waals surface area contributed by atoms with E-state index in [0.717, 1.165) is 4.90 Å². The summed E-state index contributed by atoms with van der Waals surface area (Å²) < 4.78 is 24.0. The van der Waals surface area contributed by atoms with Gasteiger partial charge in [-0.15, -0.1) is 0 Å². The molecule has 98 valence electrons. The Morgan fingerprint density at radius 1 is 1.47 bits per heavy atom. The molecule has 0 saturated carbocycles. The van der Waals surface area contributed by atoms with E-state index in [0.29, 0.717) is 0 Å². The van der Waals surface area contributed by atoms with Gasteiger partial charge in [0.25, 0.3) is 6.43 Å². The lowest BCUT2D eigenvalue weighted by Gasteiger charge is -2.35. The summed E-state index contributed by atoms with van der Waals surface area (Å²) in [6, 6.07) is -1.20. The zero-order valence-corrected chi connectivity index (χ0v) is 9.10. The van der Waals surface area contributed by atoms with Gasteiger partial charge in [0, 0.05) is 19.1 Å². The average Bonchev–Trinajstić information content (AvgIpc) is 2.25. The van der Waals surface area contributed by atoms with Gasteiger partial charge in [-0.1, -0.05) is 0 Å². The second-order valence-corrected chi connectivity index (χ2v) is 4.01. The fourth-order valence-electron chi connectivity index (χ4n) is 1.86. The van der Waals surface area contributed by atoms with Gasteiger partial charge >= 0.3 is 12.0 Å². The van der Waals surface area contributed by atoms with Crippen molar-refractivity contribution in [3.63, 3.8) is 0 Å². The largest absolute Gasteiger partial charge is 0.481 e. The molecule has 0 spiro atoms. The number of nitrogens with zero attached hydrogens (tertiary/aromatic N) is 1. The molecular weight excluding hydrogens is 236 g/mol. The number of piperidine rings is 1. The summed E-state index contributed by atoms with van der Waals surface area (Å²) in [5.41, 5.74) is 5.07. The topological polar surface area (TPSA) is 95.7 Å². The molecule has 1 heterocycles. The molecule has 2 amide bonds. The lowest BCUT2D eigenvalue weighted by Crippen LogP contribution is -2.54. The van der Waals surface area contributed by atoms with Crippen molar-refractivity contribution in [3.05, 3.63) is 0 Å². The quantitative estimate of drug-likeness (QED) is 0.639. The molecule has 0 aromatic heterocycles. The van der Waals surface area contributed by atoms with E-state index in [4.69, 9.17) is 10.8 Å². The molecular formula is C9H15F2N3O3. The Morgan fingerprint density at radius 3 is 2.59 bits per heavy atom. The normalized spacial score (nSPS) is 25.0.